The second kappa shape index (κ2) is 6.51. The number of nitrogens with one attached hydrogen (secondary N) is 1. The Hall–Kier alpha value is -2.19. The van der Waals surface area contributed by atoms with E-state index in [9.17, 15) is 9.90 Å². The van der Waals surface area contributed by atoms with E-state index in [4.69, 9.17) is 4.42 Å². The minimum atomic E-state index is -1.05. The van der Waals surface area contributed by atoms with E-state index in [-0.39, 0.29) is 12.5 Å². The fourth-order valence-corrected chi connectivity index (χ4v) is 2.93. The van der Waals surface area contributed by atoms with E-state index in [1.807, 2.05) is 11.0 Å². The maximum atomic E-state index is 12.4. The fourth-order valence-electron chi connectivity index (χ4n) is 2.93. The van der Waals surface area contributed by atoms with Crippen LogP contribution >= 0.6 is 0 Å². The van der Waals surface area contributed by atoms with Crippen LogP contribution in [-0.4, -0.2) is 62.9 Å². The number of aromatic amines is 1. The van der Waals surface area contributed by atoms with Crippen molar-refractivity contribution in [2.75, 3.05) is 26.7 Å². The van der Waals surface area contributed by atoms with Gasteiger partial charge in [0.2, 0.25) is 5.91 Å². The van der Waals surface area contributed by atoms with E-state index in [1.165, 1.54) is 6.20 Å². The molecule has 8 heteroatoms. The lowest BCUT2D eigenvalue weighted by Crippen LogP contribution is -2.49. The van der Waals surface area contributed by atoms with E-state index in [1.54, 1.807) is 24.3 Å². The number of amides is 1. The predicted octanol–water partition coefficient (Wildman–Crippen LogP) is 0.340. The van der Waals surface area contributed by atoms with Gasteiger partial charge in [-0.3, -0.25) is 9.69 Å². The maximum absolute atomic E-state index is 12.4. The van der Waals surface area contributed by atoms with Crippen LogP contribution in [0.4, 0.5) is 0 Å². The molecule has 1 aliphatic heterocycles. The highest BCUT2D eigenvalue weighted by Gasteiger charge is 2.37. The zero-order valence-electron chi connectivity index (χ0n) is 13.1. The third kappa shape index (κ3) is 3.59. The van der Waals surface area contributed by atoms with Crippen molar-refractivity contribution in [1.82, 2.24) is 25.2 Å². The number of likely N-dealkylation sites (tertiary alicyclic amines) is 1. The van der Waals surface area contributed by atoms with Crippen LogP contribution in [0.3, 0.4) is 0 Å². The van der Waals surface area contributed by atoms with Gasteiger partial charge in [-0.1, -0.05) is 0 Å². The number of hydrogen-bond donors (Lipinski definition) is 2. The standard InChI is InChI=1S/C15H21N5O3/c1-19(9-12-4-2-7-23-12)14(21)10-20-6-3-5-15(22,11-20)13-8-16-18-17-13/h2,4,7-8,22H,3,5-6,9-11H2,1H3,(H,16,17,18)/t15-/m1/s1. The summed E-state index contributed by atoms with van der Waals surface area (Å²) in [5.41, 5.74) is -0.524. The summed E-state index contributed by atoms with van der Waals surface area (Å²) < 4.78 is 5.26. The summed E-state index contributed by atoms with van der Waals surface area (Å²) in [7, 11) is 1.75. The van der Waals surface area contributed by atoms with Crippen molar-refractivity contribution < 1.29 is 14.3 Å². The van der Waals surface area contributed by atoms with Gasteiger partial charge in [-0.25, -0.2) is 0 Å². The zero-order valence-corrected chi connectivity index (χ0v) is 13.1. The van der Waals surface area contributed by atoms with Gasteiger partial charge in [-0.2, -0.15) is 15.4 Å². The number of nitrogens with zero attached hydrogens (tertiary/aromatic N) is 4. The summed E-state index contributed by atoms with van der Waals surface area (Å²) >= 11 is 0. The van der Waals surface area contributed by atoms with Gasteiger partial charge in [0.15, 0.2) is 0 Å². The second-order valence-corrected chi connectivity index (χ2v) is 6.03. The van der Waals surface area contributed by atoms with Crippen LogP contribution in [0.5, 0.6) is 0 Å². The molecule has 124 valence electrons. The summed E-state index contributed by atoms with van der Waals surface area (Å²) in [5, 5.41) is 21.0. The molecule has 0 aromatic carbocycles. The summed E-state index contributed by atoms with van der Waals surface area (Å²) in [4.78, 5) is 15.9. The van der Waals surface area contributed by atoms with Gasteiger partial charge in [0.05, 0.1) is 25.5 Å². The molecule has 23 heavy (non-hydrogen) atoms. The molecule has 2 aromatic heterocycles. The predicted molar refractivity (Wildman–Crippen MR) is 81.1 cm³/mol. The topological polar surface area (TPSA) is 98.5 Å². The van der Waals surface area contributed by atoms with Crippen molar-refractivity contribution in [3.63, 3.8) is 0 Å². The number of aromatic nitrogens is 3. The van der Waals surface area contributed by atoms with Crippen molar-refractivity contribution in [1.29, 1.82) is 0 Å². The van der Waals surface area contributed by atoms with Gasteiger partial charge in [0.25, 0.3) is 0 Å². The first-order chi connectivity index (χ1) is 11.1. The van der Waals surface area contributed by atoms with E-state index in [0.717, 1.165) is 18.7 Å². The molecule has 2 N–H and O–H groups in total. The van der Waals surface area contributed by atoms with Crippen molar-refractivity contribution in [2.24, 2.45) is 0 Å². The quantitative estimate of drug-likeness (QED) is 0.824. The fraction of sp³-hybridized carbons (Fsp3) is 0.533. The van der Waals surface area contributed by atoms with Gasteiger partial charge in [0, 0.05) is 13.6 Å². The number of H-pyrrole nitrogens is 1. The van der Waals surface area contributed by atoms with Crippen LogP contribution in [0.25, 0.3) is 0 Å². The number of aliphatic hydroxyl groups is 1. The highest BCUT2D eigenvalue weighted by Crippen LogP contribution is 2.29. The first-order valence-electron chi connectivity index (χ1n) is 7.64. The Morgan fingerprint density at radius 3 is 3.17 bits per heavy atom. The second-order valence-electron chi connectivity index (χ2n) is 6.03. The molecular weight excluding hydrogens is 298 g/mol. The number of piperidine rings is 1. The van der Waals surface area contributed by atoms with Crippen molar-refractivity contribution in [3.05, 3.63) is 36.0 Å². The van der Waals surface area contributed by atoms with Crippen molar-refractivity contribution in [3.8, 4) is 0 Å². The van der Waals surface area contributed by atoms with Crippen molar-refractivity contribution in [2.45, 2.75) is 25.0 Å². The largest absolute Gasteiger partial charge is 0.467 e. The summed E-state index contributed by atoms with van der Waals surface area (Å²) in [5.74, 6) is 0.740. The van der Waals surface area contributed by atoms with Crippen LogP contribution in [-0.2, 0) is 16.9 Å². The minimum Gasteiger partial charge on any atom is -0.467 e. The Bertz CT molecular complexity index is 628. The number of β-amino-alcohol motifs (C(OH)–C–C–N with tert-alkyl or cyclic N) is 1. The molecule has 3 heterocycles. The average molecular weight is 319 g/mol. The van der Waals surface area contributed by atoms with Crippen LogP contribution in [0.1, 0.15) is 24.3 Å². The molecule has 0 unspecified atom stereocenters. The molecule has 3 rings (SSSR count). The lowest BCUT2D eigenvalue weighted by atomic mass is 9.90. The first kappa shape index (κ1) is 15.7. The summed E-state index contributed by atoms with van der Waals surface area (Å²) in [6, 6.07) is 3.64. The number of carbonyl (C=O) groups is 1. The van der Waals surface area contributed by atoms with Crippen molar-refractivity contribution >= 4 is 5.91 Å². The minimum absolute atomic E-state index is 0.00852. The van der Waals surface area contributed by atoms with Crippen LogP contribution in [0.2, 0.25) is 0 Å². The van der Waals surface area contributed by atoms with E-state index < -0.39 is 5.60 Å². The monoisotopic (exact) mass is 319 g/mol. The number of furan rings is 1. The Labute approximate surface area is 134 Å². The Balaban J connectivity index is 1.58. The SMILES string of the molecule is CN(Cc1ccco1)C(=O)CN1CCC[C@](O)(c2cn[nH]n2)C1. The molecule has 0 bridgehead atoms. The molecule has 0 aliphatic carbocycles. The lowest BCUT2D eigenvalue weighted by molar-refractivity contribution is -0.133. The highest BCUT2D eigenvalue weighted by atomic mass is 16.3. The number of rotatable bonds is 5. The molecule has 1 saturated heterocycles. The number of hydrogen-bond acceptors (Lipinski definition) is 6. The summed E-state index contributed by atoms with van der Waals surface area (Å²) in [6.45, 7) is 1.85. The molecular formula is C15H21N5O3. The van der Waals surface area contributed by atoms with Gasteiger partial charge < -0.3 is 14.4 Å². The van der Waals surface area contributed by atoms with Crippen LogP contribution in [0, 0.1) is 0 Å². The van der Waals surface area contributed by atoms with Crippen LogP contribution in [0.15, 0.2) is 29.0 Å². The molecule has 8 nitrogen and oxygen atoms in total. The molecule has 0 spiro atoms. The first-order valence-corrected chi connectivity index (χ1v) is 7.64. The van der Waals surface area contributed by atoms with Gasteiger partial charge in [-0.15, -0.1) is 0 Å². The van der Waals surface area contributed by atoms with Gasteiger partial charge >= 0.3 is 0 Å². The summed E-state index contributed by atoms with van der Waals surface area (Å²) in [6.07, 6.45) is 4.55. The zero-order chi connectivity index (χ0) is 16.3. The van der Waals surface area contributed by atoms with E-state index in [0.29, 0.717) is 25.2 Å². The average Bonchev–Trinajstić information content (AvgIpc) is 3.21. The van der Waals surface area contributed by atoms with Crippen LogP contribution < -0.4 is 0 Å². The van der Waals surface area contributed by atoms with Gasteiger partial charge in [0.1, 0.15) is 17.1 Å². The Kier molecular flexibility index (Phi) is 4.44. The maximum Gasteiger partial charge on any atom is 0.236 e. The molecule has 0 saturated carbocycles. The van der Waals surface area contributed by atoms with Gasteiger partial charge in [-0.05, 0) is 31.5 Å². The highest BCUT2D eigenvalue weighted by molar-refractivity contribution is 5.77. The molecule has 2 aromatic rings. The lowest BCUT2D eigenvalue weighted by Gasteiger charge is -2.38. The molecule has 1 aliphatic rings. The number of likely N-dealkylation sites (N-methyl/N-ethyl adjacent to an activating group) is 1. The third-order valence-electron chi connectivity index (χ3n) is 4.20. The Morgan fingerprint density at radius 1 is 1.61 bits per heavy atom. The smallest absolute Gasteiger partial charge is 0.236 e. The number of carbonyl (C=O) groups excluding carboxylic acids is 1. The molecule has 1 amide bonds. The van der Waals surface area contributed by atoms with E-state index >= 15 is 0 Å². The molecule has 0 radical (unpaired) electrons. The molecule has 1 fully saturated rings. The molecule has 1 atom stereocenters. The normalized spacial score (nSPS) is 22.2. The third-order valence-corrected chi connectivity index (χ3v) is 4.20. The van der Waals surface area contributed by atoms with E-state index in [2.05, 4.69) is 15.4 Å². The Morgan fingerprint density at radius 2 is 2.48 bits per heavy atom.